The van der Waals surface area contributed by atoms with Crippen molar-refractivity contribution < 1.29 is 9.47 Å². The van der Waals surface area contributed by atoms with Gasteiger partial charge in [-0.1, -0.05) is 6.07 Å². The second-order valence-electron chi connectivity index (χ2n) is 7.93. The minimum atomic E-state index is -0.105. The minimum Gasteiger partial charge on any atom is -0.493 e. The second-order valence-corrected chi connectivity index (χ2v) is 7.93. The molecule has 3 aromatic heterocycles. The van der Waals surface area contributed by atoms with Gasteiger partial charge in [0, 0.05) is 56.3 Å². The summed E-state index contributed by atoms with van der Waals surface area (Å²) in [5.41, 5.74) is 1.42. The predicted molar refractivity (Wildman–Crippen MR) is 124 cm³/mol. The first-order valence-corrected chi connectivity index (χ1v) is 10.6. The zero-order chi connectivity index (χ0) is 22.2. The van der Waals surface area contributed by atoms with Gasteiger partial charge in [-0.2, -0.15) is 5.10 Å². The lowest BCUT2D eigenvalue weighted by molar-refractivity contribution is 0.191. The molecule has 1 aromatic carbocycles. The van der Waals surface area contributed by atoms with E-state index in [4.69, 9.17) is 9.47 Å². The van der Waals surface area contributed by atoms with E-state index in [1.807, 2.05) is 48.1 Å². The molecule has 0 atom stereocenters. The lowest BCUT2D eigenvalue weighted by atomic mass is 10.2. The Balaban J connectivity index is 1.43. The van der Waals surface area contributed by atoms with Gasteiger partial charge in [-0.15, -0.1) is 0 Å². The summed E-state index contributed by atoms with van der Waals surface area (Å²) in [5, 5.41) is 6.22. The molecule has 166 valence electrons. The maximum Gasteiger partial charge on any atom is 0.292 e. The number of hydrogen-bond donors (Lipinski definition) is 0. The van der Waals surface area contributed by atoms with Crippen molar-refractivity contribution in [3.05, 3.63) is 53.1 Å². The monoisotopic (exact) mass is 434 g/mol. The van der Waals surface area contributed by atoms with Crippen LogP contribution < -0.4 is 19.9 Å². The third-order valence-corrected chi connectivity index (χ3v) is 6.19. The highest BCUT2D eigenvalue weighted by Crippen LogP contribution is 2.36. The summed E-state index contributed by atoms with van der Waals surface area (Å²) in [6.45, 7) is 3.86. The van der Waals surface area contributed by atoms with Crippen LogP contribution in [0.3, 0.4) is 0 Å². The molecule has 5 rings (SSSR count). The molecule has 4 aromatic rings. The maximum atomic E-state index is 13.4. The molecule has 1 aliphatic heterocycles. The molecule has 0 unspecified atom stereocenters. The number of aromatic nitrogens is 4. The summed E-state index contributed by atoms with van der Waals surface area (Å²) < 4.78 is 14.3. The van der Waals surface area contributed by atoms with E-state index >= 15 is 0 Å². The Labute approximate surface area is 185 Å². The first-order chi connectivity index (χ1) is 15.6. The Bertz CT molecular complexity index is 1320. The zero-order valence-corrected chi connectivity index (χ0v) is 18.5. The molecule has 0 amide bonds. The molecule has 9 heteroatoms. The van der Waals surface area contributed by atoms with Crippen LogP contribution in [0.25, 0.3) is 21.8 Å². The minimum absolute atomic E-state index is 0.105. The van der Waals surface area contributed by atoms with Crippen molar-refractivity contribution in [1.29, 1.82) is 0 Å². The number of aryl methyl sites for hydroxylation is 1. The Morgan fingerprint density at radius 3 is 2.44 bits per heavy atom. The summed E-state index contributed by atoms with van der Waals surface area (Å²) in [5.74, 6) is 2.25. The molecule has 0 saturated carbocycles. The number of rotatable bonds is 5. The molecular weight excluding hydrogens is 408 g/mol. The number of fused-ring (bicyclic) bond motifs is 3. The zero-order valence-electron chi connectivity index (χ0n) is 18.5. The van der Waals surface area contributed by atoms with Crippen molar-refractivity contribution in [2.45, 2.75) is 6.67 Å². The number of benzene rings is 1. The van der Waals surface area contributed by atoms with Crippen LogP contribution in [0.5, 0.6) is 11.5 Å². The van der Waals surface area contributed by atoms with Crippen molar-refractivity contribution in [2.75, 3.05) is 45.3 Å². The van der Waals surface area contributed by atoms with Gasteiger partial charge in [0.1, 0.15) is 11.3 Å². The smallest absolute Gasteiger partial charge is 0.292 e. The molecule has 32 heavy (non-hydrogen) atoms. The van der Waals surface area contributed by atoms with Crippen molar-refractivity contribution in [3.63, 3.8) is 0 Å². The van der Waals surface area contributed by atoms with Gasteiger partial charge >= 0.3 is 0 Å². The number of hydrogen-bond acceptors (Lipinski definition) is 7. The first kappa shape index (κ1) is 20.3. The molecule has 1 aliphatic rings. The van der Waals surface area contributed by atoms with Gasteiger partial charge in [-0.05, 0) is 18.2 Å². The highest BCUT2D eigenvalue weighted by Gasteiger charge is 2.21. The van der Waals surface area contributed by atoms with Crippen LogP contribution in [-0.4, -0.2) is 64.6 Å². The molecular formula is C23H26N6O3. The van der Waals surface area contributed by atoms with E-state index in [1.54, 1.807) is 25.1 Å². The Kier molecular flexibility index (Phi) is 5.18. The van der Waals surface area contributed by atoms with Crippen LogP contribution >= 0.6 is 0 Å². The van der Waals surface area contributed by atoms with Gasteiger partial charge in [0.2, 0.25) is 0 Å². The summed E-state index contributed by atoms with van der Waals surface area (Å²) in [4.78, 5) is 22.3. The first-order valence-electron chi connectivity index (χ1n) is 10.6. The van der Waals surface area contributed by atoms with Gasteiger partial charge in [0.05, 0.1) is 32.6 Å². The molecule has 4 heterocycles. The van der Waals surface area contributed by atoms with Crippen molar-refractivity contribution in [2.24, 2.45) is 7.05 Å². The fourth-order valence-corrected chi connectivity index (χ4v) is 4.43. The lowest BCUT2D eigenvalue weighted by Gasteiger charge is -2.35. The molecule has 1 fully saturated rings. The van der Waals surface area contributed by atoms with E-state index in [0.717, 1.165) is 48.3 Å². The third kappa shape index (κ3) is 3.34. The lowest BCUT2D eigenvalue weighted by Crippen LogP contribution is -2.48. The number of methoxy groups -OCH3 is 2. The molecule has 0 spiro atoms. The number of nitrogens with zero attached hydrogens (tertiary/aromatic N) is 6. The van der Waals surface area contributed by atoms with Crippen molar-refractivity contribution in [3.8, 4) is 11.5 Å². The SMILES string of the molecule is COc1cc2c3cnn(CN4CCN(c5ccccn5)CC4)c(=O)c3n(C)c2cc1OC. The van der Waals surface area contributed by atoms with E-state index in [0.29, 0.717) is 23.7 Å². The summed E-state index contributed by atoms with van der Waals surface area (Å²) >= 11 is 0. The number of anilines is 1. The van der Waals surface area contributed by atoms with Crippen LogP contribution in [0, 0.1) is 0 Å². The van der Waals surface area contributed by atoms with Gasteiger partial charge in [-0.3, -0.25) is 9.69 Å². The molecule has 0 aliphatic carbocycles. The number of ether oxygens (including phenoxy) is 2. The third-order valence-electron chi connectivity index (χ3n) is 6.19. The normalized spacial score (nSPS) is 14.9. The fourth-order valence-electron chi connectivity index (χ4n) is 4.43. The van der Waals surface area contributed by atoms with Gasteiger partial charge in [0.25, 0.3) is 5.56 Å². The van der Waals surface area contributed by atoms with Crippen LogP contribution in [-0.2, 0) is 13.7 Å². The van der Waals surface area contributed by atoms with Gasteiger partial charge < -0.3 is 18.9 Å². The van der Waals surface area contributed by atoms with E-state index in [2.05, 4.69) is 19.9 Å². The number of pyridine rings is 1. The van der Waals surface area contributed by atoms with Crippen LogP contribution in [0.2, 0.25) is 0 Å². The summed E-state index contributed by atoms with van der Waals surface area (Å²) in [7, 11) is 5.11. The van der Waals surface area contributed by atoms with Crippen molar-refractivity contribution >= 4 is 27.6 Å². The van der Waals surface area contributed by atoms with Crippen molar-refractivity contribution in [1.82, 2.24) is 24.2 Å². The highest BCUT2D eigenvalue weighted by molar-refractivity contribution is 6.08. The maximum absolute atomic E-state index is 13.4. The standard InChI is InChI=1S/C23H26N6O3/c1-26-18-13-20(32-3)19(31-2)12-16(18)17-14-25-29(23(30)22(17)26)15-27-8-10-28(11-9-27)21-6-4-5-7-24-21/h4-7,12-14H,8-11,15H2,1-3H3. The Hall–Kier alpha value is -3.59. The highest BCUT2D eigenvalue weighted by atomic mass is 16.5. The largest absolute Gasteiger partial charge is 0.493 e. The topological polar surface area (TPSA) is 77.7 Å². The Morgan fingerprint density at radius 1 is 1.00 bits per heavy atom. The van der Waals surface area contributed by atoms with Crippen LogP contribution in [0.4, 0.5) is 5.82 Å². The molecule has 0 bridgehead atoms. The van der Waals surface area contributed by atoms with Gasteiger partial charge in [-0.25, -0.2) is 9.67 Å². The van der Waals surface area contributed by atoms with Crippen LogP contribution in [0.15, 0.2) is 47.5 Å². The van der Waals surface area contributed by atoms with Crippen LogP contribution in [0.1, 0.15) is 0 Å². The summed E-state index contributed by atoms with van der Waals surface area (Å²) in [6, 6.07) is 9.75. The molecule has 0 N–H and O–H groups in total. The fraction of sp³-hybridized carbons (Fsp3) is 0.348. The van der Waals surface area contributed by atoms with E-state index in [9.17, 15) is 4.79 Å². The predicted octanol–water partition coefficient (Wildman–Crippen LogP) is 2.08. The van der Waals surface area contributed by atoms with E-state index in [-0.39, 0.29) is 5.56 Å². The number of piperazine rings is 1. The second kappa shape index (κ2) is 8.16. The van der Waals surface area contributed by atoms with E-state index < -0.39 is 0 Å². The molecule has 9 nitrogen and oxygen atoms in total. The molecule has 1 saturated heterocycles. The average Bonchev–Trinajstić information content (AvgIpc) is 3.12. The average molecular weight is 435 g/mol. The molecule has 0 radical (unpaired) electrons. The quantitative estimate of drug-likeness (QED) is 0.476. The van der Waals surface area contributed by atoms with E-state index in [1.165, 1.54) is 0 Å². The summed E-state index contributed by atoms with van der Waals surface area (Å²) in [6.07, 6.45) is 3.59. The Morgan fingerprint density at radius 2 is 1.75 bits per heavy atom. The van der Waals surface area contributed by atoms with Gasteiger partial charge in [0.15, 0.2) is 11.5 Å².